The van der Waals surface area contributed by atoms with Crippen molar-refractivity contribution < 1.29 is 9.90 Å². The largest absolute Gasteiger partial charge is 0.506 e. The van der Waals surface area contributed by atoms with Gasteiger partial charge in [0.15, 0.2) is 0 Å². The van der Waals surface area contributed by atoms with E-state index in [4.69, 9.17) is 12.2 Å². The van der Waals surface area contributed by atoms with E-state index in [2.05, 4.69) is 59.0 Å². The quantitative estimate of drug-likeness (QED) is 0.346. The van der Waals surface area contributed by atoms with Crippen LogP contribution < -0.4 is 0 Å². The van der Waals surface area contributed by atoms with Crippen LogP contribution >= 0.6 is 69.2 Å². The third-order valence-corrected chi connectivity index (χ3v) is 5.59. The minimum atomic E-state index is -0.0769. The first-order chi connectivity index (χ1) is 9.79. The highest BCUT2D eigenvalue weighted by atomic mass is 127. The molecule has 1 saturated heterocycles. The number of phenols is 1. The molecule has 0 spiro atoms. The maximum absolute atomic E-state index is 12.4. The SMILES string of the molecule is CC(C)CN1C(=O)/C(=C/c2cc(I)cc(I)c2O)SC1=S. The minimum Gasteiger partial charge on any atom is -0.506 e. The molecule has 112 valence electrons. The number of nitrogens with zero attached hydrogens (tertiary/aromatic N) is 1. The van der Waals surface area contributed by atoms with Crippen molar-refractivity contribution in [3.8, 4) is 5.75 Å². The van der Waals surface area contributed by atoms with Gasteiger partial charge in [0, 0.05) is 15.7 Å². The molecule has 1 aromatic carbocycles. The highest BCUT2D eigenvalue weighted by Crippen LogP contribution is 2.36. The van der Waals surface area contributed by atoms with Gasteiger partial charge in [-0.25, -0.2) is 0 Å². The molecule has 3 nitrogen and oxygen atoms in total. The topological polar surface area (TPSA) is 40.5 Å². The number of hydrogen-bond donors (Lipinski definition) is 1. The molecule has 2 rings (SSSR count). The Balaban J connectivity index is 2.35. The normalized spacial score (nSPS) is 17.4. The van der Waals surface area contributed by atoms with E-state index < -0.39 is 0 Å². The van der Waals surface area contributed by atoms with Crippen molar-refractivity contribution in [3.05, 3.63) is 29.7 Å². The second kappa shape index (κ2) is 7.14. The van der Waals surface area contributed by atoms with Crippen LogP contribution in [0.5, 0.6) is 5.75 Å². The zero-order chi connectivity index (χ0) is 15.7. The highest BCUT2D eigenvalue weighted by Gasteiger charge is 2.32. The van der Waals surface area contributed by atoms with Gasteiger partial charge in [-0.1, -0.05) is 37.8 Å². The maximum atomic E-state index is 12.4. The van der Waals surface area contributed by atoms with E-state index in [9.17, 15) is 9.90 Å². The molecule has 0 bridgehead atoms. The van der Waals surface area contributed by atoms with E-state index in [0.717, 1.165) is 7.14 Å². The third kappa shape index (κ3) is 4.11. The fourth-order valence-electron chi connectivity index (χ4n) is 1.86. The number of hydrogen-bond acceptors (Lipinski definition) is 4. The summed E-state index contributed by atoms with van der Waals surface area (Å²) in [6.07, 6.45) is 1.72. The number of carbonyl (C=O) groups excluding carboxylic acids is 1. The molecule has 1 heterocycles. The van der Waals surface area contributed by atoms with Crippen molar-refractivity contribution >= 4 is 85.5 Å². The summed E-state index contributed by atoms with van der Waals surface area (Å²) in [7, 11) is 0. The molecule has 1 aliphatic heterocycles. The number of benzene rings is 1. The van der Waals surface area contributed by atoms with Gasteiger partial charge < -0.3 is 5.11 Å². The lowest BCUT2D eigenvalue weighted by Crippen LogP contribution is -2.31. The first-order valence-electron chi connectivity index (χ1n) is 6.23. The van der Waals surface area contributed by atoms with Crippen LogP contribution in [-0.2, 0) is 4.79 Å². The Morgan fingerprint density at radius 2 is 2.10 bits per heavy atom. The predicted octanol–water partition coefficient (Wildman–Crippen LogP) is 4.46. The zero-order valence-electron chi connectivity index (χ0n) is 11.4. The molecule has 1 aliphatic rings. The molecule has 1 aromatic rings. The van der Waals surface area contributed by atoms with Gasteiger partial charge in [-0.15, -0.1) is 0 Å². The fourth-order valence-corrected chi connectivity index (χ4v) is 5.02. The van der Waals surface area contributed by atoms with Gasteiger partial charge in [-0.05, 0) is 69.3 Å². The Bertz CT molecular complexity index is 644. The summed E-state index contributed by atoms with van der Waals surface area (Å²) >= 11 is 10.8. The Morgan fingerprint density at radius 3 is 2.71 bits per heavy atom. The summed E-state index contributed by atoms with van der Waals surface area (Å²) in [6, 6.07) is 3.74. The Kier molecular flexibility index (Phi) is 5.94. The van der Waals surface area contributed by atoms with Crippen molar-refractivity contribution in [3.63, 3.8) is 0 Å². The van der Waals surface area contributed by atoms with E-state index in [1.54, 1.807) is 11.0 Å². The highest BCUT2D eigenvalue weighted by molar-refractivity contribution is 14.1. The second-order valence-electron chi connectivity index (χ2n) is 5.01. The Morgan fingerprint density at radius 1 is 1.43 bits per heavy atom. The lowest BCUT2D eigenvalue weighted by atomic mass is 10.1. The molecule has 1 fully saturated rings. The molecule has 0 atom stereocenters. The van der Waals surface area contributed by atoms with Gasteiger partial charge >= 0.3 is 0 Å². The van der Waals surface area contributed by atoms with Crippen molar-refractivity contribution in [2.24, 2.45) is 5.92 Å². The van der Waals surface area contributed by atoms with E-state index in [-0.39, 0.29) is 11.7 Å². The molecule has 1 amide bonds. The predicted molar refractivity (Wildman–Crippen MR) is 108 cm³/mol. The zero-order valence-corrected chi connectivity index (χ0v) is 17.3. The van der Waals surface area contributed by atoms with E-state index in [1.165, 1.54) is 11.8 Å². The smallest absolute Gasteiger partial charge is 0.266 e. The molecular weight excluding hydrogens is 532 g/mol. The first-order valence-corrected chi connectivity index (χ1v) is 9.61. The lowest BCUT2D eigenvalue weighted by Gasteiger charge is -2.16. The monoisotopic (exact) mass is 545 g/mol. The minimum absolute atomic E-state index is 0.0769. The number of thioether (sulfide) groups is 1. The van der Waals surface area contributed by atoms with Crippen LogP contribution in [0.1, 0.15) is 19.4 Å². The maximum Gasteiger partial charge on any atom is 0.266 e. The van der Waals surface area contributed by atoms with Crippen LogP contribution in [0.3, 0.4) is 0 Å². The number of aromatic hydroxyl groups is 1. The number of rotatable bonds is 3. The molecule has 0 aliphatic carbocycles. The van der Waals surface area contributed by atoms with Gasteiger partial charge in [0.05, 0.1) is 8.48 Å². The van der Waals surface area contributed by atoms with Crippen molar-refractivity contribution in [2.75, 3.05) is 6.54 Å². The van der Waals surface area contributed by atoms with Gasteiger partial charge in [-0.3, -0.25) is 9.69 Å². The van der Waals surface area contributed by atoms with Crippen LogP contribution in [0.4, 0.5) is 0 Å². The van der Waals surface area contributed by atoms with Crippen molar-refractivity contribution in [1.82, 2.24) is 4.90 Å². The molecule has 0 radical (unpaired) electrons. The molecule has 1 N–H and O–H groups in total. The van der Waals surface area contributed by atoms with Crippen LogP contribution in [0.2, 0.25) is 0 Å². The van der Waals surface area contributed by atoms with Crippen LogP contribution in [0, 0.1) is 13.1 Å². The summed E-state index contributed by atoms with van der Waals surface area (Å²) in [5, 5.41) is 10.1. The van der Waals surface area contributed by atoms with Crippen LogP contribution in [0.15, 0.2) is 17.0 Å². The van der Waals surface area contributed by atoms with Crippen LogP contribution in [-0.4, -0.2) is 26.8 Å². The summed E-state index contributed by atoms with van der Waals surface area (Å²) in [6.45, 7) is 4.73. The number of thiocarbonyl (C=S) groups is 1. The van der Waals surface area contributed by atoms with Gasteiger partial charge in [0.2, 0.25) is 0 Å². The standard InChI is InChI=1S/C14H13I2NO2S2/c1-7(2)6-17-13(19)11(21-14(17)20)4-8-3-9(15)5-10(16)12(8)18/h3-5,7,18H,6H2,1-2H3/b11-4-. The molecular formula is C14H13I2NO2S2. The average Bonchev–Trinajstić information content (AvgIpc) is 2.63. The van der Waals surface area contributed by atoms with Crippen molar-refractivity contribution in [1.29, 1.82) is 0 Å². The number of amides is 1. The summed E-state index contributed by atoms with van der Waals surface area (Å²) in [4.78, 5) is 14.6. The Hall–Kier alpha value is 0.130. The second-order valence-corrected chi connectivity index (χ2v) is 9.10. The molecule has 0 saturated carbocycles. The summed E-state index contributed by atoms with van der Waals surface area (Å²) in [5.41, 5.74) is 0.649. The van der Waals surface area contributed by atoms with Crippen LogP contribution in [0.25, 0.3) is 6.08 Å². The fraction of sp³-hybridized carbons (Fsp3) is 0.286. The van der Waals surface area contributed by atoms with E-state index in [1.807, 2.05) is 12.1 Å². The van der Waals surface area contributed by atoms with E-state index in [0.29, 0.717) is 27.3 Å². The number of phenolic OH excluding ortho intramolecular Hbond substituents is 1. The number of halogens is 2. The third-order valence-electron chi connectivity index (χ3n) is 2.77. The van der Waals surface area contributed by atoms with Gasteiger partial charge in [-0.2, -0.15) is 0 Å². The van der Waals surface area contributed by atoms with Crippen molar-refractivity contribution in [2.45, 2.75) is 13.8 Å². The lowest BCUT2D eigenvalue weighted by molar-refractivity contribution is -0.122. The molecule has 0 unspecified atom stereocenters. The summed E-state index contributed by atoms with van der Waals surface area (Å²) in [5.74, 6) is 0.482. The average molecular weight is 545 g/mol. The number of carbonyl (C=O) groups is 1. The van der Waals surface area contributed by atoms with Gasteiger partial charge in [0.25, 0.3) is 5.91 Å². The molecule has 7 heteroatoms. The Labute approximate surface area is 160 Å². The first kappa shape index (κ1) is 17.5. The van der Waals surface area contributed by atoms with Gasteiger partial charge in [0.1, 0.15) is 10.1 Å². The molecule has 0 aromatic heterocycles. The van der Waals surface area contributed by atoms with E-state index >= 15 is 0 Å². The molecule has 21 heavy (non-hydrogen) atoms. The summed E-state index contributed by atoms with van der Waals surface area (Å²) < 4.78 is 2.36.